The van der Waals surface area contributed by atoms with Gasteiger partial charge in [-0.25, -0.2) is 13.8 Å². The number of aromatic nitrogens is 2. The van der Waals surface area contributed by atoms with Crippen LogP contribution in [0.4, 0.5) is 20.4 Å². The lowest BCUT2D eigenvalue weighted by atomic mass is 10.0. The number of carbonyl (C=O) groups excluding carboxylic acids is 1. The molecule has 2 aliphatic rings. The number of fused-ring (bicyclic) bond motifs is 2. The second kappa shape index (κ2) is 8.03. The van der Waals surface area contributed by atoms with Gasteiger partial charge in [-0.3, -0.25) is 10.2 Å². The van der Waals surface area contributed by atoms with E-state index in [0.29, 0.717) is 43.2 Å². The van der Waals surface area contributed by atoms with Crippen molar-refractivity contribution in [2.75, 3.05) is 36.5 Å². The Hall–Kier alpha value is -3.82. The molecular weight excluding hydrogens is 416 g/mol. The molecule has 2 aliphatic heterocycles. The molecule has 3 heterocycles. The molecule has 2 aromatic carbocycles. The number of imidazole rings is 1. The zero-order chi connectivity index (χ0) is 22.2. The third kappa shape index (κ3) is 3.57. The van der Waals surface area contributed by atoms with Crippen molar-refractivity contribution in [2.45, 2.75) is 0 Å². The van der Waals surface area contributed by atoms with Crippen LogP contribution in [-0.2, 0) is 0 Å². The quantitative estimate of drug-likeness (QED) is 0.422. The number of halogens is 2. The third-order valence-electron chi connectivity index (χ3n) is 6.07. The molecule has 2 unspecified atom stereocenters. The van der Waals surface area contributed by atoms with E-state index in [1.165, 1.54) is 30.5 Å². The number of rotatable bonds is 5. The Morgan fingerprint density at radius 2 is 1.97 bits per heavy atom. The lowest BCUT2D eigenvalue weighted by Gasteiger charge is -2.22. The molecule has 2 atom stereocenters. The second-order valence-electron chi connectivity index (χ2n) is 8.08. The topological polar surface area (TPSA) is 100 Å². The predicted molar refractivity (Wildman–Crippen MR) is 118 cm³/mol. The fourth-order valence-electron chi connectivity index (χ4n) is 4.59. The van der Waals surface area contributed by atoms with Gasteiger partial charge in [0.25, 0.3) is 5.91 Å². The van der Waals surface area contributed by atoms with Gasteiger partial charge in [-0.1, -0.05) is 6.07 Å². The number of hydrogen-bond donors (Lipinski definition) is 3. The molecule has 0 saturated carbocycles. The first kappa shape index (κ1) is 20.1. The van der Waals surface area contributed by atoms with Gasteiger partial charge in [0.2, 0.25) is 5.95 Å². The largest absolute Gasteiger partial charge is 0.342 e. The summed E-state index contributed by atoms with van der Waals surface area (Å²) < 4.78 is 28.0. The van der Waals surface area contributed by atoms with Crippen LogP contribution in [0.1, 0.15) is 10.4 Å². The van der Waals surface area contributed by atoms with Crippen molar-refractivity contribution in [3.8, 4) is 0 Å². The number of likely N-dealkylation sites (tertiary alicyclic amines) is 1. The molecule has 0 bridgehead atoms. The number of H-pyrrole nitrogens is 1. The molecule has 1 aromatic heterocycles. The van der Waals surface area contributed by atoms with Crippen molar-refractivity contribution in [1.82, 2.24) is 14.9 Å². The minimum atomic E-state index is -0.613. The normalized spacial score (nSPS) is 20.3. The third-order valence-corrected chi connectivity index (χ3v) is 6.07. The summed E-state index contributed by atoms with van der Waals surface area (Å²) in [6, 6.07) is 8.80. The fourth-order valence-corrected chi connectivity index (χ4v) is 4.59. The summed E-state index contributed by atoms with van der Waals surface area (Å²) in [5.41, 5.74) is 4.21. The average molecular weight is 437 g/mol. The highest BCUT2D eigenvalue weighted by Gasteiger charge is 2.43. The van der Waals surface area contributed by atoms with Gasteiger partial charge < -0.3 is 20.2 Å². The molecule has 3 N–H and O–H groups in total. The van der Waals surface area contributed by atoms with Gasteiger partial charge in [-0.2, -0.15) is 5.10 Å². The number of nitrogens with one attached hydrogen (secondary N) is 3. The van der Waals surface area contributed by atoms with Crippen molar-refractivity contribution >= 4 is 41.0 Å². The molecule has 8 nitrogen and oxygen atoms in total. The summed E-state index contributed by atoms with van der Waals surface area (Å²) in [5, 5.41) is 10.8. The molecule has 10 heteroatoms. The predicted octanol–water partition coefficient (Wildman–Crippen LogP) is 3.10. The molecule has 2 saturated heterocycles. The molecule has 0 radical (unpaired) electrons. The Balaban J connectivity index is 1.30. The zero-order valence-electron chi connectivity index (χ0n) is 17.1. The number of hydrogen-bond acceptors (Lipinski definition) is 6. The van der Waals surface area contributed by atoms with Crippen LogP contribution in [0.15, 0.2) is 41.5 Å². The van der Waals surface area contributed by atoms with Crippen LogP contribution in [0.25, 0.3) is 11.0 Å². The van der Waals surface area contributed by atoms with E-state index in [1.54, 1.807) is 17.0 Å². The van der Waals surface area contributed by atoms with Gasteiger partial charge in [-0.05, 0) is 30.3 Å². The first-order chi connectivity index (χ1) is 15.5. The second-order valence-corrected chi connectivity index (χ2v) is 8.08. The van der Waals surface area contributed by atoms with E-state index in [9.17, 15) is 13.6 Å². The molecule has 2 fully saturated rings. The maximum Gasteiger partial charge on any atom is 0.259 e. The van der Waals surface area contributed by atoms with Gasteiger partial charge in [0.05, 0.1) is 22.9 Å². The van der Waals surface area contributed by atoms with Crippen LogP contribution >= 0.6 is 0 Å². The van der Waals surface area contributed by atoms with Crippen molar-refractivity contribution in [3.05, 3.63) is 53.6 Å². The van der Waals surface area contributed by atoms with Crippen LogP contribution in [-0.4, -0.2) is 59.4 Å². The van der Waals surface area contributed by atoms with E-state index in [1.807, 2.05) is 0 Å². The smallest absolute Gasteiger partial charge is 0.259 e. The van der Waals surface area contributed by atoms with E-state index in [2.05, 4.69) is 25.4 Å². The lowest BCUT2D eigenvalue weighted by molar-refractivity contribution is 0.0779. The van der Waals surface area contributed by atoms with Gasteiger partial charge in [0.1, 0.15) is 17.2 Å². The maximum atomic E-state index is 14.5. The molecule has 3 aromatic rings. The SMILES string of the molecule is N=C/C=N\Nc1cccc(F)c1C(=O)N1CC2CN(c3nc4ccc(F)cc4[nH]3)CC2C1. The highest BCUT2D eigenvalue weighted by atomic mass is 19.1. The number of carbonyl (C=O) groups is 1. The van der Waals surface area contributed by atoms with E-state index < -0.39 is 5.82 Å². The van der Waals surface area contributed by atoms with Crippen LogP contribution < -0.4 is 10.3 Å². The van der Waals surface area contributed by atoms with E-state index >= 15 is 0 Å². The molecular formula is C22H21F2N7O. The lowest BCUT2D eigenvalue weighted by Crippen LogP contribution is -2.34. The van der Waals surface area contributed by atoms with E-state index in [-0.39, 0.29) is 34.8 Å². The minimum absolute atomic E-state index is 0.0502. The first-order valence-electron chi connectivity index (χ1n) is 10.3. The van der Waals surface area contributed by atoms with E-state index in [4.69, 9.17) is 5.41 Å². The Labute approximate surface area is 182 Å². The first-order valence-corrected chi connectivity index (χ1v) is 10.3. The van der Waals surface area contributed by atoms with Gasteiger partial charge >= 0.3 is 0 Å². The standard InChI is InChI=1S/C22H21F2N7O/c23-15-4-5-17-19(8-15)28-22(27-17)31-11-13-9-30(10-14(13)12-31)21(32)20-16(24)2-1-3-18(20)29-26-7-6-25/h1-8,13-14,25,29H,9-12H2,(H,27,28)/b25-6?,26-7-. The van der Waals surface area contributed by atoms with Gasteiger partial charge in [0.15, 0.2) is 0 Å². The Morgan fingerprint density at radius 1 is 1.19 bits per heavy atom. The number of nitrogens with zero attached hydrogens (tertiary/aromatic N) is 4. The highest BCUT2D eigenvalue weighted by Crippen LogP contribution is 2.35. The maximum absolute atomic E-state index is 14.5. The van der Waals surface area contributed by atoms with Crippen LogP contribution in [0, 0.1) is 28.9 Å². The molecule has 1 amide bonds. The Bertz CT molecular complexity index is 1210. The number of anilines is 2. The Morgan fingerprint density at radius 3 is 2.72 bits per heavy atom. The summed E-state index contributed by atoms with van der Waals surface area (Å²) in [4.78, 5) is 24.7. The van der Waals surface area contributed by atoms with E-state index in [0.717, 1.165) is 6.21 Å². The fraction of sp³-hybridized carbons (Fsp3) is 0.273. The number of hydrazone groups is 1. The Kier molecular flexibility index (Phi) is 5.04. The highest BCUT2D eigenvalue weighted by molar-refractivity contribution is 6.14. The van der Waals surface area contributed by atoms with Gasteiger partial charge in [-0.15, -0.1) is 0 Å². The van der Waals surface area contributed by atoms with Crippen molar-refractivity contribution < 1.29 is 13.6 Å². The summed E-state index contributed by atoms with van der Waals surface area (Å²) in [7, 11) is 0. The molecule has 5 rings (SSSR count). The monoisotopic (exact) mass is 437 g/mol. The van der Waals surface area contributed by atoms with Crippen molar-refractivity contribution in [2.24, 2.45) is 16.9 Å². The summed E-state index contributed by atoms with van der Waals surface area (Å²) >= 11 is 0. The summed E-state index contributed by atoms with van der Waals surface area (Å²) in [5.74, 6) is -0.131. The van der Waals surface area contributed by atoms with Crippen LogP contribution in [0.5, 0.6) is 0 Å². The van der Waals surface area contributed by atoms with Crippen molar-refractivity contribution in [3.63, 3.8) is 0 Å². The van der Waals surface area contributed by atoms with Gasteiger partial charge in [0, 0.05) is 44.2 Å². The summed E-state index contributed by atoms with van der Waals surface area (Å²) in [6.45, 7) is 2.46. The molecule has 164 valence electrons. The molecule has 0 spiro atoms. The molecule has 0 aliphatic carbocycles. The zero-order valence-corrected chi connectivity index (χ0v) is 17.1. The van der Waals surface area contributed by atoms with Crippen molar-refractivity contribution in [1.29, 1.82) is 5.41 Å². The number of amides is 1. The molecule has 32 heavy (non-hydrogen) atoms. The van der Waals surface area contributed by atoms with Crippen LogP contribution in [0.2, 0.25) is 0 Å². The number of aromatic amines is 1. The summed E-state index contributed by atoms with van der Waals surface area (Å²) in [6.07, 6.45) is 2.19. The number of benzene rings is 2. The minimum Gasteiger partial charge on any atom is -0.342 e. The average Bonchev–Trinajstić information content (AvgIpc) is 3.46. The van der Waals surface area contributed by atoms with Crippen LogP contribution in [0.3, 0.4) is 0 Å².